The van der Waals surface area contributed by atoms with E-state index in [1.807, 2.05) is 29.2 Å². The Morgan fingerprint density at radius 3 is 2.68 bits per heavy atom. The summed E-state index contributed by atoms with van der Waals surface area (Å²) < 4.78 is 4.48. The van der Waals surface area contributed by atoms with Gasteiger partial charge in [-0.25, -0.2) is 9.78 Å². The number of hydrogen-bond donors (Lipinski definition) is 0. The van der Waals surface area contributed by atoms with Crippen LogP contribution in [-0.2, 0) is 6.42 Å². The summed E-state index contributed by atoms with van der Waals surface area (Å²) in [5.74, 6) is 0.821. The lowest BCUT2D eigenvalue weighted by Gasteiger charge is -2.40. The monoisotopic (exact) mass is 379 g/mol. The normalized spacial score (nSPS) is 17.7. The van der Waals surface area contributed by atoms with E-state index in [0.29, 0.717) is 13.0 Å². The predicted octanol–water partition coefficient (Wildman–Crippen LogP) is 2.97. The molecule has 6 nitrogen and oxygen atoms in total. The highest BCUT2D eigenvalue weighted by Gasteiger charge is 2.29. The average Bonchev–Trinajstić information content (AvgIpc) is 3.04. The Balaban J connectivity index is 1.63. The lowest BCUT2D eigenvalue weighted by Crippen LogP contribution is -2.56. The molecule has 1 atom stereocenters. The van der Waals surface area contributed by atoms with Crippen molar-refractivity contribution < 1.29 is 4.79 Å². The number of carbonyl (C=O) groups excluding carboxylic acids is 1. The Morgan fingerprint density at radius 1 is 1.32 bits per heavy atom. The summed E-state index contributed by atoms with van der Waals surface area (Å²) in [5, 5.41) is 1.66. The van der Waals surface area contributed by atoms with E-state index in [-0.39, 0.29) is 12.1 Å². The summed E-state index contributed by atoms with van der Waals surface area (Å²) in [5.41, 5.74) is 1.14. The molecule has 8 heteroatoms. The van der Waals surface area contributed by atoms with Crippen LogP contribution in [-0.4, -0.2) is 65.0 Å². The molecule has 2 amide bonds. The predicted molar refractivity (Wildman–Crippen MR) is 102 cm³/mol. The third-order valence-corrected chi connectivity index (χ3v) is 5.33. The van der Waals surface area contributed by atoms with Gasteiger partial charge in [-0.15, -0.1) is 0 Å². The van der Waals surface area contributed by atoms with Gasteiger partial charge in [-0.1, -0.05) is 23.7 Å². The third-order valence-electron chi connectivity index (χ3n) is 4.26. The summed E-state index contributed by atoms with van der Waals surface area (Å²) in [6.45, 7) is 4.32. The zero-order chi connectivity index (χ0) is 18.0. The Hall–Kier alpha value is -1.86. The summed E-state index contributed by atoms with van der Waals surface area (Å²) >= 11 is 7.34. The van der Waals surface area contributed by atoms with Crippen molar-refractivity contribution in [2.24, 2.45) is 0 Å². The van der Waals surface area contributed by atoms with Crippen LogP contribution in [0.3, 0.4) is 0 Å². The zero-order valence-corrected chi connectivity index (χ0v) is 16.2. The van der Waals surface area contributed by atoms with Gasteiger partial charge in [0.25, 0.3) is 0 Å². The van der Waals surface area contributed by atoms with Crippen LogP contribution in [0.4, 0.5) is 9.93 Å². The minimum atomic E-state index is 0.0628. The van der Waals surface area contributed by atoms with Crippen molar-refractivity contribution >= 4 is 34.3 Å². The van der Waals surface area contributed by atoms with Gasteiger partial charge in [0.05, 0.1) is 0 Å². The lowest BCUT2D eigenvalue weighted by molar-refractivity contribution is 0.147. The fraction of sp³-hybridized carbons (Fsp3) is 0.471. The van der Waals surface area contributed by atoms with Crippen molar-refractivity contribution in [1.82, 2.24) is 19.2 Å². The summed E-state index contributed by atoms with van der Waals surface area (Å²) in [4.78, 5) is 22.6. The van der Waals surface area contributed by atoms with Crippen molar-refractivity contribution in [3.63, 3.8) is 0 Å². The van der Waals surface area contributed by atoms with Gasteiger partial charge < -0.3 is 14.7 Å². The molecule has 0 bridgehead atoms. The molecule has 134 valence electrons. The van der Waals surface area contributed by atoms with Crippen LogP contribution in [0, 0.1) is 0 Å². The molecule has 2 aromatic rings. The Morgan fingerprint density at radius 2 is 2.04 bits per heavy atom. The minimum absolute atomic E-state index is 0.0628. The number of halogens is 1. The molecule has 3 rings (SSSR count). The SMILES string of the molecule is C[C@@H]1CN(c2nc(Cc3ccc(Cl)cc3)ns2)CCN1C(=O)N(C)C. The van der Waals surface area contributed by atoms with E-state index >= 15 is 0 Å². The summed E-state index contributed by atoms with van der Waals surface area (Å²) in [6, 6.07) is 7.97. The van der Waals surface area contributed by atoms with E-state index in [1.54, 1.807) is 19.0 Å². The number of anilines is 1. The highest BCUT2D eigenvalue weighted by atomic mass is 35.5. The number of amides is 2. The second-order valence-corrected chi connectivity index (χ2v) is 7.63. The molecule has 25 heavy (non-hydrogen) atoms. The van der Waals surface area contributed by atoms with Crippen molar-refractivity contribution in [3.05, 3.63) is 40.7 Å². The van der Waals surface area contributed by atoms with Gasteiger partial charge >= 0.3 is 6.03 Å². The molecule has 1 aliphatic heterocycles. The quantitative estimate of drug-likeness (QED) is 0.822. The molecule has 0 N–H and O–H groups in total. The Bertz CT molecular complexity index is 733. The molecule has 0 aliphatic carbocycles. The fourth-order valence-corrected chi connectivity index (χ4v) is 3.75. The number of piperazine rings is 1. The van der Waals surface area contributed by atoms with Crippen molar-refractivity contribution in [2.75, 3.05) is 38.6 Å². The Kier molecular flexibility index (Phi) is 5.44. The van der Waals surface area contributed by atoms with E-state index in [4.69, 9.17) is 11.6 Å². The van der Waals surface area contributed by atoms with Crippen LogP contribution < -0.4 is 4.90 Å². The smallest absolute Gasteiger partial charge is 0.319 e. The highest BCUT2D eigenvalue weighted by molar-refractivity contribution is 7.09. The number of hydrogen-bond acceptors (Lipinski definition) is 5. The van der Waals surface area contributed by atoms with Gasteiger partial charge in [0.15, 0.2) is 0 Å². The summed E-state index contributed by atoms with van der Waals surface area (Å²) in [7, 11) is 3.57. The first kappa shape index (κ1) is 17.9. The molecule has 1 aromatic heterocycles. The molecular formula is C17H22ClN5OS. The van der Waals surface area contributed by atoms with E-state index in [1.165, 1.54) is 11.5 Å². The second-order valence-electron chi connectivity index (χ2n) is 6.46. The van der Waals surface area contributed by atoms with Gasteiger partial charge in [-0.05, 0) is 24.6 Å². The van der Waals surface area contributed by atoms with Gasteiger partial charge in [-0.2, -0.15) is 4.37 Å². The number of benzene rings is 1. The topological polar surface area (TPSA) is 52.6 Å². The average molecular weight is 380 g/mol. The fourth-order valence-electron chi connectivity index (χ4n) is 2.90. The molecule has 1 aliphatic rings. The van der Waals surface area contributed by atoms with E-state index < -0.39 is 0 Å². The number of rotatable bonds is 3. The maximum atomic E-state index is 12.2. The first-order valence-corrected chi connectivity index (χ1v) is 9.39. The van der Waals surface area contributed by atoms with E-state index in [0.717, 1.165) is 34.6 Å². The second kappa shape index (κ2) is 7.58. The number of carbonyl (C=O) groups is 1. The number of nitrogens with zero attached hydrogens (tertiary/aromatic N) is 5. The molecule has 0 unspecified atom stereocenters. The van der Waals surface area contributed by atoms with E-state index in [9.17, 15) is 4.79 Å². The molecular weight excluding hydrogens is 358 g/mol. The summed E-state index contributed by atoms with van der Waals surface area (Å²) in [6.07, 6.45) is 0.697. The van der Waals surface area contributed by atoms with Crippen LogP contribution in [0.15, 0.2) is 24.3 Å². The van der Waals surface area contributed by atoms with Gasteiger partial charge in [0.1, 0.15) is 5.82 Å². The molecule has 0 spiro atoms. The van der Waals surface area contributed by atoms with Gasteiger partial charge in [0.2, 0.25) is 5.13 Å². The van der Waals surface area contributed by atoms with Gasteiger partial charge in [-0.3, -0.25) is 0 Å². The van der Waals surface area contributed by atoms with E-state index in [2.05, 4.69) is 21.2 Å². The third kappa shape index (κ3) is 4.22. The molecule has 1 saturated heterocycles. The Labute approximate surface area is 157 Å². The first-order chi connectivity index (χ1) is 11.9. The molecule has 1 fully saturated rings. The van der Waals surface area contributed by atoms with Crippen LogP contribution in [0.5, 0.6) is 0 Å². The lowest BCUT2D eigenvalue weighted by atomic mass is 10.1. The van der Waals surface area contributed by atoms with Crippen molar-refractivity contribution in [3.8, 4) is 0 Å². The molecule has 2 heterocycles. The maximum absolute atomic E-state index is 12.2. The largest absolute Gasteiger partial charge is 0.343 e. The number of urea groups is 1. The maximum Gasteiger partial charge on any atom is 0.319 e. The minimum Gasteiger partial charge on any atom is -0.343 e. The number of aromatic nitrogens is 2. The molecule has 0 saturated carbocycles. The van der Waals surface area contributed by atoms with Gasteiger partial charge in [0, 0.05) is 62.7 Å². The highest BCUT2D eigenvalue weighted by Crippen LogP contribution is 2.23. The standard InChI is InChI=1S/C17H22ClN5OS/c1-12-11-22(8-9-23(12)17(24)21(2)3)16-19-15(20-25-16)10-13-4-6-14(18)7-5-13/h4-7,12H,8-11H2,1-3H3/t12-/m1/s1. The molecule has 1 aromatic carbocycles. The van der Waals surface area contributed by atoms with Crippen LogP contribution in [0.1, 0.15) is 18.3 Å². The first-order valence-electron chi connectivity index (χ1n) is 8.24. The van der Waals surface area contributed by atoms with Crippen molar-refractivity contribution in [1.29, 1.82) is 0 Å². The zero-order valence-electron chi connectivity index (χ0n) is 14.6. The van der Waals surface area contributed by atoms with Crippen molar-refractivity contribution in [2.45, 2.75) is 19.4 Å². The van der Waals surface area contributed by atoms with Crippen LogP contribution in [0.2, 0.25) is 5.02 Å². The van der Waals surface area contributed by atoms with Crippen LogP contribution in [0.25, 0.3) is 0 Å². The molecule has 0 radical (unpaired) electrons. The van der Waals surface area contributed by atoms with Crippen LogP contribution >= 0.6 is 23.1 Å².